The molecular formula is C10H10BrNO2. The average molecular weight is 256 g/mol. The summed E-state index contributed by atoms with van der Waals surface area (Å²) in [4.78, 5) is 11.2. The van der Waals surface area contributed by atoms with E-state index in [4.69, 9.17) is 4.74 Å². The molecule has 0 unspecified atom stereocenters. The van der Waals surface area contributed by atoms with Crippen LogP contribution in [0.5, 0.6) is 5.75 Å². The fraction of sp³-hybridized carbons (Fsp3) is 0.300. The van der Waals surface area contributed by atoms with E-state index in [-0.39, 0.29) is 5.78 Å². The fourth-order valence-electron chi connectivity index (χ4n) is 1.60. The van der Waals surface area contributed by atoms with Crippen LogP contribution in [0.3, 0.4) is 0 Å². The Morgan fingerprint density at radius 2 is 2.29 bits per heavy atom. The maximum Gasteiger partial charge on any atom is 0.156 e. The molecule has 4 heteroatoms. The third-order valence-corrected chi connectivity index (χ3v) is 2.68. The topological polar surface area (TPSA) is 38.3 Å². The number of carbonyl (C=O) groups excluding carboxylic acids is 1. The molecule has 1 aromatic carbocycles. The van der Waals surface area contributed by atoms with Gasteiger partial charge in [-0.15, -0.1) is 0 Å². The van der Waals surface area contributed by atoms with Crippen molar-refractivity contribution in [3.63, 3.8) is 0 Å². The van der Waals surface area contributed by atoms with Gasteiger partial charge in [0.2, 0.25) is 0 Å². The first-order valence-corrected chi connectivity index (χ1v) is 5.12. The molecule has 0 radical (unpaired) electrons. The molecule has 0 atom stereocenters. The van der Waals surface area contributed by atoms with E-state index in [2.05, 4.69) is 21.2 Å². The molecule has 2 rings (SSSR count). The number of nitrogens with one attached hydrogen (secondary N) is 1. The lowest BCUT2D eigenvalue weighted by molar-refractivity contribution is -0.117. The van der Waals surface area contributed by atoms with E-state index in [1.165, 1.54) is 0 Å². The zero-order chi connectivity index (χ0) is 10.1. The van der Waals surface area contributed by atoms with Crippen LogP contribution in [-0.4, -0.2) is 19.4 Å². The first-order valence-electron chi connectivity index (χ1n) is 4.32. The summed E-state index contributed by atoms with van der Waals surface area (Å²) < 4.78 is 6.16. The Labute approximate surface area is 90.6 Å². The minimum Gasteiger partial charge on any atom is -0.495 e. The van der Waals surface area contributed by atoms with E-state index in [9.17, 15) is 4.79 Å². The minimum absolute atomic E-state index is 0.206. The van der Waals surface area contributed by atoms with Gasteiger partial charge in [0, 0.05) is 10.9 Å². The zero-order valence-electron chi connectivity index (χ0n) is 7.76. The van der Waals surface area contributed by atoms with Crippen molar-refractivity contribution in [3.8, 4) is 5.75 Å². The highest BCUT2D eigenvalue weighted by atomic mass is 79.9. The first kappa shape index (κ1) is 9.52. The van der Waals surface area contributed by atoms with Gasteiger partial charge < -0.3 is 10.1 Å². The van der Waals surface area contributed by atoms with Gasteiger partial charge in [-0.2, -0.15) is 0 Å². The van der Waals surface area contributed by atoms with Gasteiger partial charge in [0.25, 0.3) is 0 Å². The van der Waals surface area contributed by atoms with Crippen LogP contribution in [0.25, 0.3) is 0 Å². The number of hydrogen-bond donors (Lipinski definition) is 1. The highest BCUT2D eigenvalue weighted by Gasteiger charge is 2.18. The number of Topliss-reactive ketones (excluding diaryl/α,β-unsaturated/α-hetero) is 1. The highest BCUT2D eigenvalue weighted by molar-refractivity contribution is 9.10. The van der Waals surface area contributed by atoms with Crippen LogP contribution in [0.1, 0.15) is 5.56 Å². The second kappa shape index (κ2) is 3.61. The summed E-state index contributed by atoms with van der Waals surface area (Å²) >= 11 is 3.38. The number of halogens is 1. The van der Waals surface area contributed by atoms with Crippen LogP contribution in [0.15, 0.2) is 16.6 Å². The largest absolute Gasteiger partial charge is 0.495 e. The van der Waals surface area contributed by atoms with Crippen molar-refractivity contribution in [3.05, 3.63) is 22.2 Å². The van der Waals surface area contributed by atoms with Crippen molar-refractivity contribution in [2.75, 3.05) is 19.0 Å². The molecule has 0 bridgehead atoms. The lowest BCUT2D eigenvalue weighted by atomic mass is 10.0. The highest BCUT2D eigenvalue weighted by Crippen LogP contribution is 2.34. The number of fused-ring (bicyclic) bond motifs is 1. The van der Waals surface area contributed by atoms with Crippen molar-refractivity contribution in [2.24, 2.45) is 0 Å². The molecule has 14 heavy (non-hydrogen) atoms. The number of anilines is 1. The van der Waals surface area contributed by atoms with Gasteiger partial charge in [-0.25, -0.2) is 0 Å². The van der Waals surface area contributed by atoms with Crippen molar-refractivity contribution in [1.82, 2.24) is 0 Å². The lowest BCUT2D eigenvalue weighted by Gasteiger charge is -2.20. The molecule has 0 amide bonds. The van der Waals surface area contributed by atoms with Crippen LogP contribution in [0.2, 0.25) is 0 Å². The SMILES string of the molecule is COc1cc(Br)cc2c1NCC(=O)C2. The van der Waals surface area contributed by atoms with Gasteiger partial charge in [-0.05, 0) is 17.7 Å². The molecule has 1 aliphatic heterocycles. The fourth-order valence-corrected chi connectivity index (χ4v) is 2.08. The van der Waals surface area contributed by atoms with Crippen LogP contribution in [-0.2, 0) is 11.2 Å². The van der Waals surface area contributed by atoms with Crippen molar-refractivity contribution in [2.45, 2.75) is 6.42 Å². The molecule has 0 aliphatic carbocycles. The molecule has 0 spiro atoms. The monoisotopic (exact) mass is 255 g/mol. The number of rotatable bonds is 1. The Hall–Kier alpha value is -1.03. The van der Waals surface area contributed by atoms with Crippen molar-refractivity contribution >= 4 is 27.4 Å². The zero-order valence-corrected chi connectivity index (χ0v) is 9.35. The minimum atomic E-state index is 0.206. The van der Waals surface area contributed by atoms with E-state index in [1.54, 1.807) is 7.11 Å². The van der Waals surface area contributed by atoms with Gasteiger partial charge in [0.05, 0.1) is 19.3 Å². The summed E-state index contributed by atoms with van der Waals surface area (Å²) in [5.74, 6) is 0.986. The van der Waals surface area contributed by atoms with Crippen molar-refractivity contribution < 1.29 is 9.53 Å². The summed E-state index contributed by atoms with van der Waals surface area (Å²) in [7, 11) is 1.63. The van der Waals surface area contributed by atoms with Gasteiger partial charge >= 0.3 is 0 Å². The maximum atomic E-state index is 11.2. The molecule has 1 heterocycles. The molecule has 0 saturated carbocycles. The molecule has 0 saturated heterocycles. The predicted molar refractivity (Wildman–Crippen MR) is 57.9 cm³/mol. The number of ketones is 1. The van der Waals surface area contributed by atoms with Gasteiger partial charge in [-0.1, -0.05) is 15.9 Å². The Kier molecular flexibility index (Phi) is 2.46. The molecule has 0 aromatic heterocycles. The van der Waals surface area contributed by atoms with E-state index < -0.39 is 0 Å². The summed E-state index contributed by atoms with van der Waals surface area (Å²) in [5.41, 5.74) is 1.93. The lowest BCUT2D eigenvalue weighted by Crippen LogP contribution is -2.23. The van der Waals surface area contributed by atoms with Gasteiger partial charge in [0.15, 0.2) is 5.78 Å². The number of ether oxygens (including phenoxy) is 1. The average Bonchev–Trinajstić information content (AvgIpc) is 2.15. The summed E-state index contributed by atoms with van der Waals surface area (Å²) in [6.07, 6.45) is 0.484. The van der Waals surface area contributed by atoms with E-state index in [0.29, 0.717) is 13.0 Å². The van der Waals surface area contributed by atoms with Crippen LogP contribution in [0, 0.1) is 0 Å². The molecule has 1 aromatic rings. The third kappa shape index (κ3) is 1.62. The number of carbonyl (C=O) groups is 1. The summed E-state index contributed by atoms with van der Waals surface area (Å²) in [6, 6.07) is 3.84. The molecule has 3 nitrogen and oxygen atoms in total. The standard InChI is InChI=1S/C10H10BrNO2/c1-14-9-4-7(11)2-6-3-8(13)5-12-10(6)9/h2,4,12H,3,5H2,1H3. The Bertz CT molecular complexity index is 390. The first-order chi connectivity index (χ1) is 6.70. The van der Waals surface area contributed by atoms with Crippen LogP contribution < -0.4 is 10.1 Å². The third-order valence-electron chi connectivity index (χ3n) is 2.22. The molecular weight excluding hydrogens is 246 g/mol. The second-order valence-corrected chi connectivity index (χ2v) is 4.13. The second-order valence-electron chi connectivity index (χ2n) is 3.21. The van der Waals surface area contributed by atoms with Gasteiger partial charge in [-0.3, -0.25) is 4.79 Å². The van der Waals surface area contributed by atoms with Crippen LogP contribution in [0.4, 0.5) is 5.69 Å². The smallest absolute Gasteiger partial charge is 0.156 e. The normalized spacial score (nSPS) is 14.6. The molecule has 0 fully saturated rings. The number of methoxy groups -OCH3 is 1. The van der Waals surface area contributed by atoms with Crippen molar-refractivity contribution in [1.29, 1.82) is 0 Å². The molecule has 1 N–H and O–H groups in total. The Morgan fingerprint density at radius 1 is 1.50 bits per heavy atom. The molecule has 1 aliphatic rings. The van der Waals surface area contributed by atoms with Crippen LogP contribution >= 0.6 is 15.9 Å². The van der Waals surface area contributed by atoms with E-state index in [0.717, 1.165) is 21.5 Å². The van der Waals surface area contributed by atoms with E-state index >= 15 is 0 Å². The quantitative estimate of drug-likeness (QED) is 0.835. The Balaban J connectivity index is 2.51. The summed E-state index contributed by atoms with van der Waals surface area (Å²) in [6.45, 7) is 0.394. The Morgan fingerprint density at radius 3 is 3.00 bits per heavy atom. The van der Waals surface area contributed by atoms with Gasteiger partial charge in [0.1, 0.15) is 5.75 Å². The molecule has 74 valence electrons. The number of hydrogen-bond acceptors (Lipinski definition) is 3. The maximum absolute atomic E-state index is 11.2. The number of benzene rings is 1. The predicted octanol–water partition coefficient (Wildman–Crippen LogP) is 1.99. The summed E-state index contributed by atoms with van der Waals surface area (Å²) in [5, 5.41) is 3.06. The van der Waals surface area contributed by atoms with E-state index in [1.807, 2.05) is 12.1 Å².